The van der Waals surface area contributed by atoms with Crippen molar-refractivity contribution in [2.45, 2.75) is 81.6 Å². The van der Waals surface area contributed by atoms with Gasteiger partial charge in [-0.05, 0) is 124 Å². The zero-order valence-electron chi connectivity index (χ0n) is 43.2. The zero-order valence-corrected chi connectivity index (χ0v) is 44.7. The quantitative estimate of drug-likeness (QED) is 0.0225. The van der Waals surface area contributed by atoms with Crippen LogP contribution in [0.3, 0.4) is 0 Å². The number of nitrogens with two attached hydrogens (primary N) is 1. The standard InChI is InChI=1S/C27H22ClF5N4O5.C20H19ClF5NO3.C7H5N3O3.CH4/c28-19-3-1-2-17(11-19)16-6-4-15(5-7-16)10-20(13-23(38)25(40)42-14-26(29,30)27(31,32)33)34-24(39)18-8-9-21-22(12-18)37(41)36-35-21;21-15-3-1-2-14(9-15)13-6-4-12(5-7-13)8-16(27)10-17(28)18(29)30-11-19(22,23)20(24,25)26;11-7(12)4-1-2-5-6(3-4)10(13)9-8-5;/h1-9,11-12,20,23,38,41H,10,13-14H2,(H,34,39);1-7,9,16-17,28H,8,10-11,27H2;1-3,13H,(H,11,12);1H4/t20-,23-;16-,17-;;/m11../s1. The van der Waals surface area contributed by atoms with Crippen LogP contribution in [0, 0.1) is 0 Å². The number of hydrogen-bond acceptors (Lipinski definition) is 15. The van der Waals surface area contributed by atoms with Crippen LogP contribution in [0.25, 0.3) is 44.3 Å². The van der Waals surface area contributed by atoms with E-state index in [4.69, 9.17) is 39.2 Å². The van der Waals surface area contributed by atoms with Gasteiger partial charge in [0.15, 0.2) is 25.4 Å². The van der Waals surface area contributed by atoms with Crippen LogP contribution in [0.2, 0.25) is 10.0 Å². The molecule has 6 aromatic carbocycles. The number of carboxylic acids is 1. The van der Waals surface area contributed by atoms with Crippen molar-refractivity contribution >= 4 is 69.1 Å². The highest BCUT2D eigenvalue weighted by Crippen LogP contribution is 2.37. The summed E-state index contributed by atoms with van der Waals surface area (Å²) in [4.78, 5) is 48.2. The molecule has 19 nitrogen and oxygen atoms in total. The van der Waals surface area contributed by atoms with E-state index in [2.05, 4.69) is 35.4 Å². The van der Waals surface area contributed by atoms with Crippen LogP contribution in [0.1, 0.15) is 52.1 Å². The minimum Gasteiger partial charge on any atom is -0.478 e. The molecule has 31 heteroatoms. The molecule has 0 unspecified atom stereocenters. The second kappa shape index (κ2) is 29.0. The molecule has 0 bridgehead atoms. The van der Waals surface area contributed by atoms with Crippen LogP contribution >= 0.6 is 23.2 Å². The third kappa shape index (κ3) is 18.7. The summed E-state index contributed by atoms with van der Waals surface area (Å²) in [6.45, 7) is -4.51. The molecule has 1 amide bonds. The SMILES string of the molecule is C.N[C@H](Cc1ccc(-c2cccc(Cl)c2)cc1)C[C@@H](O)C(=O)OCC(F)(F)C(F)(F)F.O=C(N[C@H](Cc1ccc(-c2cccc(Cl)c2)cc1)C[C@@H](O)C(=O)OCC(F)(F)C(F)(F)F)c1ccc2nnn(O)c2c1.O=C(O)c1ccc2nnn(O)c2c1. The van der Waals surface area contributed by atoms with E-state index in [1.54, 1.807) is 66.7 Å². The molecule has 8 N–H and O–H groups in total. The highest BCUT2D eigenvalue weighted by atomic mass is 35.5. The van der Waals surface area contributed by atoms with E-state index in [0.29, 0.717) is 36.3 Å². The van der Waals surface area contributed by atoms with Gasteiger partial charge in [-0.3, -0.25) is 4.79 Å². The van der Waals surface area contributed by atoms with Crippen LogP contribution in [-0.4, -0.2) is 142 Å². The van der Waals surface area contributed by atoms with E-state index in [1.807, 2.05) is 30.3 Å². The Hall–Kier alpha value is -8.64. The first-order valence-corrected chi connectivity index (χ1v) is 25.2. The van der Waals surface area contributed by atoms with Gasteiger partial charge in [0.2, 0.25) is 0 Å². The number of aliphatic hydroxyl groups is 2. The van der Waals surface area contributed by atoms with Crippen molar-refractivity contribution in [2.24, 2.45) is 5.73 Å². The van der Waals surface area contributed by atoms with Gasteiger partial charge >= 0.3 is 42.1 Å². The molecule has 2 heterocycles. The molecule has 4 atom stereocenters. The Kier molecular flexibility index (Phi) is 23.0. The maximum atomic E-state index is 13.2. The van der Waals surface area contributed by atoms with Crippen LogP contribution in [0.4, 0.5) is 43.9 Å². The van der Waals surface area contributed by atoms with Gasteiger partial charge < -0.3 is 46.3 Å². The molecule has 8 rings (SSSR count). The number of amides is 1. The molecular weight excluding hydrogens is 1210 g/mol. The van der Waals surface area contributed by atoms with Crippen molar-refractivity contribution in [3.8, 4) is 22.3 Å². The Morgan fingerprint density at radius 1 is 0.558 bits per heavy atom. The van der Waals surface area contributed by atoms with E-state index in [9.17, 15) is 78.5 Å². The monoisotopic (exact) mass is 1260 g/mol. The molecule has 2 aromatic heterocycles. The lowest BCUT2D eigenvalue weighted by atomic mass is 9.97. The third-order valence-corrected chi connectivity index (χ3v) is 12.6. The normalized spacial score (nSPS) is 13.2. The van der Waals surface area contributed by atoms with E-state index in [1.165, 1.54) is 36.4 Å². The number of esters is 2. The second-order valence-corrected chi connectivity index (χ2v) is 19.4. The molecule has 8 aromatic rings. The molecule has 0 aliphatic heterocycles. The lowest BCUT2D eigenvalue weighted by Gasteiger charge is -2.23. The number of nitrogens with zero attached hydrogens (tertiary/aromatic N) is 6. The van der Waals surface area contributed by atoms with Crippen LogP contribution in [0.15, 0.2) is 133 Å². The highest BCUT2D eigenvalue weighted by molar-refractivity contribution is 6.31. The molecule has 0 spiro atoms. The molecule has 0 aliphatic carbocycles. The van der Waals surface area contributed by atoms with Crippen molar-refractivity contribution in [1.29, 1.82) is 0 Å². The second-order valence-electron chi connectivity index (χ2n) is 18.5. The fourth-order valence-corrected chi connectivity index (χ4v) is 8.03. The minimum atomic E-state index is -5.95. The number of fused-ring (bicyclic) bond motifs is 2. The van der Waals surface area contributed by atoms with E-state index in [-0.39, 0.29) is 48.8 Å². The van der Waals surface area contributed by atoms with E-state index >= 15 is 0 Å². The number of ether oxygens (including phenoxy) is 2. The number of carbonyl (C=O) groups excluding carboxylic acids is 3. The van der Waals surface area contributed by atoms with Gasteiger partial charge in [0.25, 0.3) is 5.91 Å². The summed E-state index contributed by atoms with van der Waals surface area (Å²) in [6.07, 6.45) is -16.6. The summed E-state index contributed by atoms with van der Waals surface area (Å²) in [7, 11) is 0. The summed E-state index contributed by atoms with van der Waals surface area (Å²) in [5, 5.41) is 65.2. The van der Waals surface area contributed by atoms with Gasteiger partial charge in [0.1, 0.15) is 22.1 Å². The molecule has 0 saturated carbocycles. The number of rotatable bonds is 19. The predicted molar refractivity (Wildman–Crippen MR) is 289 cm³/mol. The topological polar surface area (TPSA) is 287 Å². The van der Waals surface area contributed by atoms with Crippen molar-refractivity contribution < 1.29 is 98.3 Å². The highest BCUT2D eigenvalue weighted by Gasteiger charge is 2.59. The van der Waals surface area contributed by atoms with Gasteiger partial charge in [-0.25, -0.2) is 14.4 Å². The average molecular weight is 1260 g/mol. The molecular formula is C55H50Cl2F10N8O11. The summed E-state index contributed by atoms with van der Waals surface area (Å²) in [6, 6.07) is 35.0. The number of aromatic carboxylic acids is 1. The minimum absolute atomic E-state index is 0. The first kappa shape index (κ1) is 68.1. The first-order chi connectivity index (χ1) is 39.8. The largest absolute Gasteiger partial charge is 0.478 e. The van der Waals surface area contributed by atoms with Crippen molar-refractivity contribution in [1.82, 2.24) is 35.6 Å². The number of aliphatic hydroxyl groups excluding tert-OH is 2. The lowest BCUT2D eigenvalue weighted by molar-refractivity contribution is -0.294. The van der Waals surface area contributed by atoms with Crippen LogP contribution in [-0.2, 0) is 31.9 Å². The molecule has 86 heavy (non-hydrogen) atoms. The molecule has 0 radical (unpaired) electrons. The lowest BCUT2D eigenvalue weighted by Crippen LogP contribution is -2.44. The Morgan fingerprint density at radius 3 is 1.38 bits per heavy atom. The number of alkyl halides is 10. The molecule has 0 fully saturated rings. The Balaban J connectivity index is 0.000000265. The molecule has 460 valence electrons. The van der Waals surface area contributed by atoms with E-state index in [0.717, 1.165) is 27.8 Å². The van der Waals surface area contributed by atoms with Crippen molar-refractivity contribution in [3.63, 3.8) is 0 Å². The first-order valence-electron chi connectivity index (χ1n) is 24.5. The number of nitrogens with one attached hydrogen (secondary N) is 1. The number of halogens is 12. The molecule has 0 saturated heterocycles. The fraction of sp³-hybridized carbons (Fsp3) is 0.273. The Bertz CT molecular complexity index is 3610. The van der Waals surface area contributed by atoms with Gasteiger partial charge in [0, 0.05) is 34.1 Å². The summed E-state index contributed by atoms with van der Waals surface area (Å²) in [5.41, 5.74) is 12.0. The Morgan fingerprint density at radius 2 is 0.965 bits per heavy atom. The van der Waals surface area contributed by atoms with Crippen molar-refractivity contribution in [2.75, 3.05) is 13.2 Å². The number of carboxylic acid groups (broad SMARTS) is 1. The maximum Gasteiger partial charge on any atom is 0.456 e. The smallest absolute Gasteiger partial charge is 0.456 e. The van der Waals surface area contributed by atoms with Gasteiger partial charge in [0.05, 0.1) is 5.56 Å². The number of aromatic nitrogens is 6. The summed E-state index contributed by atoms with van der Waals surface area (Å²) in [5.74, 6) is -15.6. The summed E-state index contributed by atoms with van der Waals surface area (Å²) < 4.78 is 133. The number of carbonyl (C=O) groups is 4. The van der Waals surface area contributed by atoms with Gasteiger partial charge in [-0.2, -0.15) is 43.9 Å². The van der Waals surface area contributed by atoms with E-state index < -0.39 is 91.9 Å². The van der Waals surface area contributed by atoms with Crippen LogP contribution < -0.4 is 11.1 Å². The fourth-order valence-electron chi connectivity index (χ4n) is 7.65. The number of hydrogen-bond donors (Lipinski definition) is 7. The van der Waals surface area contributed by atoms with Crippen molar-refractivity contribution in [3.05, 3.63) is 166 Å². The average Bonchev–Trinajstić information content (AvgIpc) is 3.65. The third-order valence-electron chi connectivity index (χ3n) is 12.1. The maximum absolute atomic E-state index is 13.2. The zero-order chi connectivity index (χ0) is 62.6. The van der Waals surface area contributed by atoms with Gasteiger partial charge in [-0.1, -0.05) is 113 Å². The number of benzene rings is 6. The van der Waals surface area contributed by atoms with Crippen LogP contribution in [0.5, 0.6) is 0 Å². The Labute approximate surface area is 490 Å². The predicted octanol–water partition coefficient (Wildman–Crippen LogP) is 10.2. The molecule has 0 aliphatic rings. The van der Waals surface area contributed by atoms with Gasteiger partial charge in [-0.15, -0.1) is 10.2 Å². The summed E-state index contributed by atoms with van der Waals surface area (Å²) >= 11 is 12.0.